The molecule has 0 saturated carbocycles. The highest BCUT2D eigenvalue weighted by atomic mass is 16.5. The molecule has 2 rings (SSSR count). The number of piperidine rings is 1. The first kappa shape index (κ1) is 13.3. The summed E-state index contributed by atoms with van der Waals surface area (Å²) in [6.07, 6.45) is 5.60. The van der Waals surface area contributed by atoms with Gasteiger partial charge in [0, 0.05) is 32.7 Å². The Balaban J connectivity index is 1.52. The summed E-state index contributed by atoms with van der Waals surface area (Å²) in [6.45, 7) is 8.74. The second kappa shape index (κ2) is 7.31. The summed E-state index contributed by atoms with van der Waals surface area (Å²) in [7, 11) is 0. The van der Waals surface area contributed by atoms with Crippen LogP contribution in [0.4, 0.5) is 0 Å². The first-order valence-corrected chi connectivity index (χ1v) is 7.15. The van der Waals surface area contributed by atoms with E-state index in [1.54, 1.807) is 0 Å². The third kappa shape index (κ3) is 4.54. The van der Waals surface area contributed by atoms with Gasteiger partial charge in [-0.05, 0) is 38.8 Å². The highest BCUT2D eigenvalue weighted by Gasteiger charge is 2.19. The van der Waals surface area contributed by atoms with Gasteiger partial charge in [0.05, 0.1) is 12.7 Å². The maximum Gasteiger partial charge on any atom is 0.0600 e. The maximum atomic E-state index is 5.97. The van der Waals surface area contributed by atoms with Crippen molar-refractivity contribution >= 4 is 0 Å². The summed E-state index contributed by atoms with van der Waals surface area (Å²) in [5.41, 5.74) is 5.57. The van der Waals surface area contributed by atoms with Gasteiger partial charge in [-0.25, -0.2) is 0 Å². The molecule has 0 spiro atoms. The van der Waals surface area contributed by atoms with E-state index >= 15 is 0 Å². The van der Waals surface area contributed by atoms with Gasteiger partial charge in [-0.3, -0.25) is 0 Å². The Morgan fingerprint density at radius 1 is 0.941 bits per heavy atom. The van der Waals surface area contributed by atoms with Crippen molar-refractivity contribution in [2.45, 2.75) is 31.8 Å². The lowest BCUT2D eigenvalue weighted by Gasteiger charge is -2.31. The van der Waals surface area contributed by atoms with Gasteiger partial charge in [-0.2, -0.15) is 0 Å². The van der Waals surface area contributed by atoms with E-state index in [2.05, 4.69) is 9.80 Å². The molecule has 4 heteroatoms. The number of nitrogens with two attached hydrogens (primary N) is 1. The molecule has 4 nitrogen and oxygen atoms in total. The molecule has 0 amide bonds. The fourth-order valence-electron chi connectivity index (χ4n) is 2.84. The molecular formula is C13H27N3O. The fourth-order valence-corrected chi connectivity index (χ4v) is 2.84. The highest BCUT2D eigenvalue weighted by Crippen LogP contribution is 2.13. The predicted octanol–water partition coefficient (Wildman–Crippen LogP) is 0.522. The molecule has 17 heavy (non-hydrogen) atoms. The predicted molar refractivity (Wildman–Crippen MR) is 70.1 cm³/mol. The molecule has 2 saturated heterocycles. The average Bonchev–Trinajstić information content (AvgIpc) is 2.85. The van der Waals surface area contributed by atoms with Crippen LogP contribution >= 0.6 is 0 Å². The van der Waals surface area contributed by atoms with E-state index in [0.29, 0.717) is 6.10 Å². The summed E-state index contributed by atoms with van der Waals surface area (Å²) >= 11 is 0. The standard InChI is InChI=1S/C13H27N3O/c14-5-10-16-8-3-13(4-9-16)17-12-11-15-6-1-2-7-15/h13H,1-12,14H2. The SMILES string of the molecule is NCCN1CCC(OCCN2CCCC2)CC1. The number of nitrogens with zero attached hydrogens (tertiary/aromatic N) is 2. The molecule has 0 aromatic heterocycles. The van der Waals surface area contributed by atoms with Crippen LogP contribution in [-0.2, 0) is 4.74 Å². The number of hydrogen-bond donors (Lipinski definition) is 1. The fraction of sp³-hybridized carbons (Fsp3) is 1.00. The van der Waals surface area contributed by atoms with Gasteiger partial charge < -0.3 is 20.3 Å². The molecule has 2 aliphatic rings. The Labute approximate surface area is 105 Å². The van der Waals surface area contributed by atoms with Crippen LogP contribution in [0.15, 0.2) is 0 Å². The number of ether oxygens (including phenoxy) is 1. The lowest BCUT2D eigenvalue weighted by Crippen LogP contribution is -2.40. The van der Waals surface area contributed by atoms with Crippen LogP contribution in [0, 0.1) is 0 Å². The first-order chi connectivity index (χ1) is 8.38. The Bertz CT molecular complexity index is 199. The topological polar surface area (TPSA) is 41.7 Å². The smallest absolute Gasteiger partial charge is 0.0600 e. The molecular weight excluding hydrogens is 214 g/mol. The van der Waals surface area contributed by atoms with Crippen molar-refractivity contribution in [2.24, 2.45) is 5.73 Å². The number of likely N-dealkylation sites (tertiary alicyclic amines) is 2. The largest absolute Gasteiger partial charge is 0.377 e. The first-order valence-electron chi connectivity index (χ1n) is 7.15. The molecule has 0 atom stereocenters. The van der Waals surface area contributed by atoms with Gasteiger partial charge in [0.25, 0.3) is 0 Å². The summed E-state index contributed by atoms with van der Waals surface area (Å²) in [4.78, 5) is 4.96. The van der Waals surface area contributed by atoms with E-state index in [4.69, 9.17) is 10.5 Å². The summed E-state index contributed by atoms with van der Waals surface area (Å²) in [6, 6.07) is 0. The lowest BCUT2D eigenvalue weighted by atomic mass is 10.1. The van der Waals surface area contributed by atoms with Crippen molar-refractivity contribution < 1.29 is 4.74 Å². The van der Waals surface area contributed by atoms with Crippen LogP contribution in [0.25, 0.3) is 0 Å². The van der Waals surface area contributed by atoms with E-state index < -0.39 is 0 Å². The molecule has 0 aliphatic carbocycles. The molecule has 0 aromatic rings. The molecule has 2 heterocycles. The van der Waals surface area contributed by atoms with Crippen molar-refractivity contribution in [3.8, 4) is 0 Å². The van der Waals surface area contributed by atoms with E-state index in [1.165, 1.54) is 38.8 Å². The van der Waals surface area contributed by atoms with Crippen molar-refractivity contribution in [3.63, 3.8) is 0 Å². The number of rotatable bonds is 6. The summed E-state index contributed by atoms with van der Waals surface area (Å²) in [5.74, 6) is 0. The third-order valence-corrected chi connectivity index (χ3v) is 3.94. The minimum Gasteiger partial charge on any atom is -0.377 e. The molecule has 2 aliphatic heterocycles. The average molecular weight is 241 g/mol. The second-order valence-corrected chi connectivity index (χ2v) is 5.25. The van der Waals surface area contributed by atoms with Crippen molar-refractivity contribution in [1.82, 2.24) is 9.80 Å². The zero-order valence-electron chi connectivity index (χ0n) is 10.9. The van der Waals surface area contributed by atoms with E-state index in [9.17, 15) is 0 Å². The summed E-state index contributed by atoms with van der Waals surface area (Å²) < 4.78 is 5.97. The molecule has 0 unspecified atom stereocenters. The normalized spacial score (nSPS) is 24.5. The molecule has 0 radical (unpaired) electrons. The lowest BCUT2D eigenvalue weighted by molar-refractivity contribution is 0.000892. The van der Waals surface area contributed by atoms with Gasteiger partial charge in [0.1, 0.15) is 0 Å². The van der Waals surface area contributed by atoms with Gasteiger partial charge in [0.2, 0.25) is 0 Å². The zero-order valence-corrected chi connectivity index (χ0v) is 10.9. The Morgan fingerprint density at radius 2 is 1.59 bits per heavy atom. The maximum absolute atomic E-state index is 5.97. The molecule has 2 fully saturated rings. The molecule has 0 aromatic carbocycles. The highest BCUT2D eigenvalue weighted by molar-refractivity contribution is 4.73. The van der Waals surface area contributed by atoms with Crippen LogP contribution in [-0.4, -0.2) is 68.3 Å². The Morgan fingerprint density at radius 3 is 2.24 bits per heavy atom. The monoisotopic (exact) mass is 241 g/mol. The summed E-state index contributed by atoms with van der Waals surface area (Å²) in [5, 5.41) is 0. The van der Waals surface area contributed by atoms with Crippen molar-refractivity contribution in [2.75, 3.05) is 52.4 Å². The zero-order chi connectivity index (χ0) is 11.9. The molecule has 0 bridgehead atoms. The van der Waals surface area contributed by atoms with E-state index in [-0.39, 0.29) is 0 Å². The molecule has 2 N–H and O–H groups in total. The molecule has 100 valence electrons. The minimum absolute atomic E-state index is 0.492. The van der Waals surface area contributed by atoms with Crippen LogP contribution in [0.2, 0.25) is 0 Å². The van der Waals surface area contributed by atoms with Gasteiger partial charge in [-0.15, -0.1) is 0 Å². The van der Waals surface area contributed by atoms with Crippen molar-refractivity contribution in [3.05, 3.63) is 0 Å². The number of hydrogen-bond acceptors (Lipinski definition) is 4. The van der Waals surface area contributed by atoms with Gasteiger partial charge in [-0.1, -0.05) is 0 Å². The van der Waals surface area contributed by atoms with Crippen LogP contribution in [0.3, 0.4) is 0 Å². The van der Waals surface area contributed by atoms with E-state index in [1.807, 2.05) is 0 Å². The minimum atomic E-state index is 0.492. The Kier molecular flexibility index (Phi) is 5.71. The third-order valence-electron chi connectivity index (χ3n) is 3.94. The van der Waals surface area contributed by atoms with E-state index in [0.717, 1.165) is 39.3 Å². The Hall–Kier alpha value is -0.160. The van der Waals surface area contributed by atoms with Crippen LogP contribution in [0.5, 0.6) is 0 Å². The van der Waals surface area contributed by atoms with Crippen LogP contribution < -0.4 is 5.73 Å². The quantitative estimate of drug-likeness (QED) is 0.736. The van der Waals surface area contributed by atoms with Gasteiger partial charge >= 0.3 is 0 Å². The van der Waals surface area contributed by atoms with Gasteiger partial charge in [0.15, 0.2) is 0 Å². The van der Waals surface area contributed by atoms with Crippen LogP contribution in [0.1, 0.15) is 25.7 Å². The van der Waals surface area contributed by atoms with Crippen molar-refractivity contribution in [1.29, 1.82) is 0 Å². The second-order valence-electron chi connectivity index (χ2n) is 5.25.